The van der Waals surface area contributed by atoms with Gasteiger partial charge in [0.25, 0.3) is 0 Å². The van der Waals surface area contributed by atoms with Gasteiger partial charge < -0.3 is 10.7 Å². The summed E-state index contributed by atoms with van der Waals surface area (Å²) in [4.78, 5) is 0. The molecule has 0 aliphatic carbocycles. The standard InChI is InChI=1S/C13H26N2/c1-4-6-7-9-13(8-5-2)15-11-12(3)10-14/h10-11,13-15H,4-9H2,1-3H3/b12-11-,14-10?. The van der Waals surface area contributed by atoms with Gasteiger partial charge in [0.15, 0.2) is 0 Å². The molecule has 0 saturated carbocycles. The number of hydrogen-bond acceptors (Lipinski definition) is 2. The van der Waals surface area contributed by atoms with E-state index in [1.54, 1.807) is 0 Å². The molecule has 2 heteroatoms. The van der Waals surface area contributed by atoms with Gasteiger partial charge in [-0.2, -0.15) is 0 Å². The van der Waals surface area contributed by atoms with Crippen molar-refractivity contribution in [1.82, 2.24) is 5.32 Å². The number of nitrogens with one attached hydrogen (secondary N) is 2. The van der Waals surface area contributed by atoms with Crippen LogP contribution < -0.4 is 5.32 Å². The Labute approximate surface area is 94.7 Å². The van der Waals surface area contributed by atoms with Crippen LogP contribution in [-0.2, 0) is 0 Å². The van der Waals surface area contributed by atoms with Crippen molar-refractivity contribution >= 4 is 6.21 Å². The van der Waals surface area contributed by atoms with E-state index in [4.69, 9.17) is 5.41 Å². The molecule has 0 aromatic carbocycles. The molecular weight excluding hydrogens is 184 g/mol. The van der Waals surface area contributed by atoms with Crippen LogP contribution in [0.4, 0.5) is 0 Å². The molecule has 1 atom stereocenters. The molecule has 88 valence electrons. The normalized spacial score (nSPS) is 13.7. The molecule has 0 spiro atoms. The molecule has 0 aliphatic heterocycles. The van der Waals surface area contributed by atoms with E-state index in [9.17, 15) is 0 Å². The van der Waals surface area contributed by atoms with Crippen molar-refractivity contribution in [3.63, 3.8) is 0 Å². The minimum Gasteiger partial charge on any atom is -0.388 e. The first-order chi connectivity index (χ1) is 7.24. The van der Waals surface area contributed by atoms with Crippen LogP contribution in [0.3, 0.4) is 0 Å². The monoisotopic (exact) mass is 210 g/mol. The topological polar surface area (TPSA) is 35.9 Å². The van der Waals surface area contributed by atoms with Crippen molar-refractivity contribution in [2.24, 2.45) is 0 Å². The summed E-state index contributed by atoms with van der Waals surface area (Å²) >= 11 is 0. The van der Waals surface area contributed by atoms with Gasteiger partial charge >= 0.3 is 0 Å². The van der Waals surface area contributed by atoms with Crippen molar-refractivity contribution < 1.29 is 0 Å². The van der Waals surface area contributed by atoms with Crippen LogP contribution in [0.25, 0.3) is 0 Å². The minimum atomic E-state index is 0.594. The van der Waals surface area contributed by atoms with Gasteiger partial charge in [0, 0.05) is 18.5 Å². The van der Waals surface area contributed by atoms with Crippen LogP contribution in [0, 0.1) is 5.41 Å². The summed E-state index contributed by atoms with van der Waals surface area (Å²) in [7, 11) is 0. The molecule has 2 nitrogen and oxygen atoms in total. The fraction of sp³-hybridized carbons (Fsp3) is 0.769. The lowest BCUT2D eigenvalue weighted by Gasteiger charge is -2.16. The zero-order valence-corrected chi connectivity index (χ0v) is 10.5. The van der Waals surface area contributed by atoms with E-state index in [0.29, 0.717) is 6.04 Å². The van der Waals surface area contributed by atoms with Gasteiger partial charge in [0.2, 0.25) is 0 Å². The van der Waals surface area contributed by atoms with Gasteiger partial charge in [-0.3, -0.25) is 0 Å². The van der Waals surface area contributed by atoms with Crippen molar-refractivity contribution in [2.75, 3.05) is 0 Å². The molecule has 0 bridgehead atoms. The third kappa shape index (κ3) is 8.22. The van der Waals surface area contributed by atoms with Crippen LogP contribution in [0.15, 0.2) is 11.8 Å². The van der Waals surface area contributed by atoms with Gasteiger partial charge in [0.05, 0.1) is 0 Å². The summed E-state index contributed by atoms with van der Waals surface area (Å²) in [6.45, 7) is 6.41. The highest BCUT2D eigenvalue weighted by Crippen LogP contribution is 2.08. The number of allylic oxidation sites excluding steroid dienone is 1. The quantitative estimate of drug-likeness (QED) is 0.440. The fourth-order valence-electron chi connectivity index (χ4n) is 1.59. The van der Waals surface area contributed by atoms with Gasteiger partial charge in [-0.05, 0) is 25.3 Å². The average molecular weight is 210 g/mol. The zero-order valence-electron chi connectivity index (χ0n) is 10.5. The summed E-state index contributed by atoms with van der Waals surface area (Å²) in [5.41, 5.74) is 0.992. The third-order valence-corrected chi connectivity index (χ3v) is 2.57. The molecule has 0 fully saturated rings. The third-order valence-electron chi connectivity index (χ3n) is 2.57. The van der Waals surface area contributed by atoms with E-state index in [2.05, 4.69) is 19.2 Å². The Kier molecular flexibility index (Phi) is 9.24. The lowest BCUT2D eigenvalue weighted by atomic mass is 10.0. The van der Waals surface area contributed by atoms with Gasteiger partial charge in [-0.15, -0.1) is 0 Å². The molecule has 1 unspecified atom stereocenters. The average Bonchev–Trinajstić information content (AvgIpc) is 2.25. The van der Waals surface area contributed by atoms with E-state index < -0.39 is 0 Å². The zero-order chi connectivity index (χ0) is 11.5. The Morgan fingerprint density at radius 3 is 2.47 bits per heavy atom. The first-order valence-corrected chi connectivity index (χ1v) is 6.17. The van der Waals surface area contributed by atoms with Crippen molar-refractivity contribution in [3.05, 3.63) is 11.8 Å². The van der Waals surface area contributed by atoms with Crippen molar-refractivity contribution in [2.45, 2.75) is 65.3 Å². The van der Waals surface area contributed by atoms with Crippen LogP contribution in [-0.4, -0.2) is 12.3 Å². The highest BCUT2D eigenvalue weighted by Gasteiger charge is 2.04. The van der Waals surface area contributed by atoms with Gasteiger partial charge in [0.1, 0.15) is 0 Å². The summed E-state index contributed by atoms with van der Waals surface area (Å²) in [5.74, 6) is 0. The second kappa shape index (κ2) is 9.75. The Morgan fingerprint density at radius 2 is 1.93 bits per heavy atom. The Balaban J connectivity index is 3.86. The van der Waals surface area contributed by atoms with Crippen LogP contribution in [0.1, 0.15) is 59.3 Å². The van der Waals surface area contributed by atoms with Crippen LogP contribution in [0.5, 0.6) is 0 Å². The maximum atomic E-state index is 7.09. The predicted molar refractivity (Wildman–Crippen MR) is 68.5 cm³/mol. The van der Waals surface area contributed by atoms with Gasteiger partial charge in [-0.1, -0.05) is 39.5 Å². The van der Waals surface area contributed by atoms with Gasteiger partial charge in [-0.25, -0.2) is 0 Å². The number of unbranched alkanes of at least 4 members (excludes halogenated alkanes) is 2. The van der Waals surface area contributed by atoms with Crippen molar-refractivity contribution in [1.29, 1.82) is 5.41 Å². The Morgan fingerprint density at radius 1 is 1.20 bits per heavy atom. The molecule has 2 N–H and O–H groups in total. The molecule has 0 aromatic rings. The molecule has 0 saturated heterocycles. The molecule has 0 radical (unpaired) electrons. The largest absolute Gasteiger partial charge is 0.388 e. The highest BCUT2D eigenvalue weighted by atomic mass is 14.9. The van der Waals surface area contributed by atoms with Crippen molar-refractivity contribution in [3.8, 4) is 0 Å². The molecule has 0 aromatic heterocycles. The molecule has 0 aliphatic rings. The lowest BCUT2D eigenvalue weighted by molar-refractivity contribution is 0.474. The summed E-state index contributed by atoms with van der Waals surface area (Å²) in [6.07, 6.45) is 11.0. The Bertz CT molecular complexity index is 185. The number of hydrogen-bond donors (Lipinski definition) is 2. The maximum absolute atomic E-state index is 7.09. The molecule has 0 heterocycles. The first kappa shape index (κ1) is 14.2. The second-order valence-electron chi connectivity index (χ2n) is 4.18. The second-order valence-corrected chi connectivity index (χ2v) is 4.18. The highest BCUT2D eigenvalue weighted by molar-refractivity contribution is 5.74. The van der Waals surface area contributed by atoms with Crippen LogP contribution >= 0.6 is 0 Å². The van der Waals surface area contributed by atoms with E-state index in [1.807, 2.05) is 13.1 Å². The van der Waals surface area contributed by atoms with Crippen LogP contribution in [0.2, 0.25) is 0 Å². The smallest absolute Gasteiger partial charge is 0.0255 e. The molecule has 0 rings (SSSR count). The summed E-state index contributed by atoms with van der Waals surface area (Å²) < 4.78 is 0. The summed E-state index contributed by atoms with van der Waals surface area (Å²) in [5, 5.41) is 10.5. The molecule has 15 heavy (non-hydrogen) atoms. The Hall–Kier alpha value is -0.790. The minimum absolute atomic E-state index is 0.594. The lowest BCUT2D eigenvalue weighted by Crippen LogP contribution is -2.24. The van der Waals surface area contributed by atoms with E-state index >= 15 is 0 Å². The SMILES string of the molecule is CCCCCC(CCC)N/C=C(/C)C=N. The fourth-order valence-corrected chi connectivity index (χ4v) is 1.59. The van der Waals surface area contributed by atoms with E-state index in [0.717, 1.165) is 5.57 Å². The predicted octanol–water partition coefficient (Wildman–Crippen LogP) is 3.88. The van der Waals surface area contributed by atoms with E-state index in [-0.39, 0.29) is 0 Å². The number of rotatable bonds is 9. The maximum Gasteiger partial charge on any atom is 0.0255 e. The van der Waals surface area contributed by atoms with E-state index in [1.165, 1.54) is 44.7 Å². The first-order valence-electron chi connectivity index (χ1n) is 6.17. The molecular formula is C13H26N2. The molecule has 0 amide bonds. The summed E-state index contributed by atoms with van der Waals surface area (Å²) in [6, 6.07) is 0.594.